The van der Waals surface area contributed by atoms with E-state index >= 15 is 0 Å². The van der Waals surface area contributed by atoms with Crippen LogP contribution in [0.25, 0.3) is 0 Å². The van der Waals surface area contributed by atoms with Gasteiger partial charge in [0.25, 0.3) is 0 Å². The van der Waals surface area contributed by atoms with Gasteiger partial charge < -0.3 is 5.32 Å². The molecule has 0 radical (unpaired) electrons. The van der Waals surface area contributed by atoms with Crippen molar-refractivity contribution in [1.29, 1.82) is 0 Å². The van der Waals surface area contributed by atoms with Crippen LogP contribution in [-0.4, -0.2) is 17.1 Å². The minimum absolute atomic E-state index is 0.147. The number of rotatable bonds is 6. The molecule has 2 aromatic rings. The third-order valence-electron chi connectivity index (χ3n) is 4.73. The highest BCUT2D eigenvalue weighted by molar-refractivity contribution is 7.15. The number of thiazole rings is 1. The Balaban J connectivity index is 1.41. The van der Waals surface area contributed by atoms with Gasteiger partial charge in [0.1, 0.15) is 0 Å². The topological polar surface area (TPSA) is 54.0 Å². The fourth-order valence-electron chi connectivity index (χ4n) is 3.28. The zero-order chi connectivity index (χ0) is 17.6. The number of aromatic nitrogens is 1. The number of benzene rings is 1. The first-order chi connectivity index (χ1) is 12.1. The first-order valence-electron chi connectivity index (χ1n) is 9.20. The fourth-order valence-corrected chi connectivity index (χ4v) is 4.45. The maximum absolute atomic E-state index is 12.2. The third-order valence-corrected chi connectivity index (χ3v) is 5.76. The molecule has 1 aromatic carbocycles. The highest BCUT2D eigenvalue weighted by atomic mass is 32.1. The lowest BCUT2D eigenvalue weighted by Crippen LogP contribution is -2.36. The van der Waals surface area contributed by atoms with E-state index in [1.54, 1.807) is 11.3 Å². The molecule has 25 heavy (non-hydrogen) atoms. The van der Waals surface area contributed by atoms with E-state index in [4.69, 9.17) is 0 Å². The second-order valence-electron chi connectivity index (χ2n) is 7.11. The predicted molar refractivity (Wildman–Crippen MR) is 104 cm³/mol. The Morgan fingerprint density at radius 3 is 2.96 bits per heavy atom. The Labute approximate surface area is 154 Å². The highest BCUT2D eigenvalue weighted by Crippen LogP contribution is 2.32. The molecule has 1 aromatic heterocycles. The molecule has 0 spiro atoms. The molecule has 0 unspecified atom stereocenters. The molecule has 0 fully saturated rings. The Kier molecular flexibility index (Phi) is 6.08. The molecule has 1 heterocycles. The van der Waals surface area contributed by atoms with E-state index in [0.717, 1.165) is 43.2 Å². The number of aryl methyl sites for hydroxylation is 2. The van der Waals surface area contributed by atoms with E-state index in [0.29, 0.717) is 0 Å². The largest absolute Gasteiger partial charge is 0.335 e. The number of anilines is 1. The Morgan fingerprint density at radius 2 is 2.16 bits per heavy atom. The molecule has 1 aliphatic rings. The molecule has 3 rings (SSSR count). The minimum atomic E-state index is -0.147. The van der Waals surface area contributed by atoms with Crippen molar-refractivity contribution in [1.82, 2.24) is 10.3 Å². The van der Waals surface area contributed by atoms with Gasteiger partial charge in [-0.3, -0.25) is 5.32 Å². The van der Waals surface area contributed by atoms with E-state index in [1.165, 1.54) is 22.6 Å². The first-order valence-corrected chi connectivity index (χ1v) is 10.0. The zero-order valence-corrected chi connectivity index (χ0v) is 15.9. The summed E-state index contributed by atoms with van der Waals surface area (Å²) in [7, 11) is 0. The number of hydrogen-bond donors (Lipinski definition) is 2. The van der Waals surface area contributed by atoms with Gasteiger partial charge in [-0.25, -0.2) is 9.78 Å². The quantitative estimate of drug-likeness (QED) is 0.780. The van der Waals surface area contributed by atoms with Crippen LogP contribution in [0.1, 0.15) is 49.2 Å². The van der Waals surface area contributed by atoms with Gasteiger partial charge in [-0.1, -0.05) is 37.3 Å². The SMILES string of the molecule is C[C@H]1CCc2nc(NC(=O)N[C@@H](C)CCCc3ccccc3)sc2C1. The summed E-state index contributed by atoms with van der Waals surface area (Å²) >= 11 is 1.63. The lowest BCUT2D eigenvalue weighted by atomic mass is 9.93. The molecule has 2 amide bonds. The van der Waals surface area contributed by atoms with E-state index in [-0.39, 0.29) is 12.1 Å². The lowest BCUT2D eigenvalue weighted by Gasteiger charge is -2.15. The molecule has 5 heteroatoms. The second kappa shape index (κ2) is 8.48. The summed E-state index contributed by atoms with van der Waals surface area (Å²) in [5.74, 6) is 0.722. The summed E-state index contributed by atoms with van der Waals surface area (Å²) < 4.78 is 0. The summed E-state index contributed by atoms with van der Waals surface area (Å²) in [6.07, 6.45) is 6.40. The van der Waals surface area contributed by atoms with Gasteiger partial charge in [0.05, 0.1) is 5.69 Å². The molecule has 0 saturated carbocycles. The van der Waals surface area contributed by atoms with Crippen LogP contribution in [0.4, 0.5) is 9.93 Å². The number of nitrogens with zero attached hydrogens (tertiary/aromatic N) is 1. The maximum Gasteiger partial charge on any atom is 0.321 e. The average molecular weight is 358 g/mol. The summed E-state index contributed by atoms with van der Waals surface area (Å²) in [5.41, 5.74) is 2.52. The standard InChI is InChI=1S/C20H27N3OS/c1-14-11-12-17-18(13-14)25-20(22-17)23-19(24)21-15(2)7-6-10-16-8-4-3-5-9-16/h3-5,8-9,14-15H,6-7,10-13H2,1-2H3,(H2,21,22,23,24)/t14-,15-/m0/s1. The summed E-state index contributed by atoms with van der Waals surface area (Å²) in [4.78, 5) is 18.1. The van der Waals surface area contributed by atoms with Gasteiger partial charge in [-0.2, -0.15) is 0 Å². The van der Waals surface area contributed by atoms with Gasteiger partial charge >= 0.3 is 6.03 Å². The number of carbonyl (C=O) groups excluding carboxylic acids is 1. The smallest absolute Gasteiger partial charge is 0.321 e. The van der Waals surface area contributed by atoms with Gasteiger partial charge in [-0.05, 0) is 56.9 Å². The molecule has 4 nitrogen and oxygen atoms in total. The van der Waals surface area contributed by atoms with Crippen LogP contribution < -0.4 is 10.6 Å². The van der Waals surface area contributed by atoms with Crippen molar-refractivity contribution in [2.45, 2.75) is 58.4 Å². The Bertz CT molecular complexity index is 698. The van der Waals surface area contributed by atoms with Crippen LogP contribution >= 0.6 is 11.3 Å². The van der Waals surface area contributed by atoms with Gasteiger partial charge in [0.15, 0.2) is 5.13 Å². The summed E-state index contributed by atoms with van der Waals surface area (Å²) in [5, 5.41) is 6.66. The van der Waals surface area contributed by atoms with Crippen LogP contribution in [-0.2, 0) is 19.3 Å². The van der Waals surface area contributed by atoms with Crippen molar-refractivity contribution >= 4 is 22.5 Å². The summed E-state index contributed by atoms with van der Waals surface area (Å²) in [6, 6.07) is 10.5. The van der Waals surface area contributed by atoms with Crippen molar-refractivity contribution in [3.8, 4) is 0 Å². The van der Waals surface area contributed by atoms with Crippen LogP contribution in [0.3, 0.4) is 0 Å². The van der Waals surface area contributed by atoms with Gasteiger partial charge in [0.2, 0.25) is 0 Å². The normalized spacial score (nSPS) is 17.6. The predicted octanol–water partition coefficient (Wildman–Crippen LogP) is 4.80. The van der Waals surface area contributed by atoms with Gasteiger partial charge in [0, 0.05) is 10.9 Å². The third kappa shape index (κ3) is 5.30. The second-order valence-corrected chi connectivity index (χ2v) is 8.20. The van der Waals surface area contributed by atoms with Crippen molar-refractivity contribution in [3.05, 3.63) is 46.5 Å². The molecular formula is C20H27N3OS. The zero-order valence-electron chi connectivity index (χ0n) is 15.0. The van der Waals surface area contributed by atoms with E-state index < -0.39 is 0 Å². The summed E-state index contributed by atoms with van der Waals surface area (Å²) in [6.45, 7) is 4.33. The number of fused-ring (bicyclic) bond motifs is 1. The molecular weight excluding hydrogens is 330 g/mol. The monoisotopic (exact) mass is 357 g/mol. The van der Waals surface area contributed by atoms with Crippen molar-refractivity contribution in [2.75, 3.05) is 5.32 Å². The van der Waals surface area contributed by atoms with Gasteiger partial charge in [-0.15, -0.1) is 11.3 Å². The van der Waals surface area contributed by atoms with E-state index in [2.05, 4.69) is 53.7 Å². The molecule has 1 aliphatic carbocycles. The lowest BCUT2D eigenvalue weighted by molar-refractivity contribution is 0.248. The number of nitrogens with one attached hydrogen (secondary N) is 2. The minimum Gasteiger partial charge on any atom is -0.335 e. The van der Waals surface area contributed by atoms with Crippen molar-refractivity contribution < 1.29 is 4.79 Å². The van der Waals surface area contributed by atoms with Crippen molar-refractivity contribution in [2.24, 2.45) is 5.92 Å². The molecule has 134 valence electrons. The molecule has 2 atom stereocenters. The molecule has 0 aliphatic heterocycles. The van der Waals surface area contributed by atoms with E-state index in [9.17, 15) is 4.79 Å². The van der Waals surface area contributed by atoms with E-state index in [1.807, 2.05) is 6.07 Å². The van der Waals surface area contributed by atoms with Crippen LogP contribution in [0, 0.1) is 5.92 Å². The first kappa shape index (κ1) is 17.9. The Morgan fingerprint density at radius 1 is 1.36 bits per heavy atom. The molecule has 0 saturated heterocycles. The fraction of sp³-hybridized carbons (Fsp3) is 0.500. The Hall–Kier alpha value is -1.88. The number of urea groups is 1. The number of carbonyl (C=O) groups is 1. The van der Waals surface area contributed by atoms with Crippen LogP contribution in [0.15, 0.2) is 30.3 Å². The molecule has 0 bridgehead atoms. The van der Waals surface area contributed by atoms with Crippen molar-refractivity contribution in [3.63, 3.8) is 0 Å². The number of hydrogen-bond acceptors (Lipinski definition) is 3. The average Bonchev–Trinajstić information content (AvgIpc) is 2.96. The van der Waals surface area contributed by atoms with Crippen LogP contribution in [0.2, 0.25) is 0 Å². The molecule has 2 N–H and O–H groups in total. The van der Waals surface area contributed by atoms with Crippen LogP contribution in [0.5, 0.6) is 0 Å². The highest BCUT2D eigenvalue weighted by Gasteiger charge is 2.20. The number of amides is 2. The maximum atomic E-state index is 12.2.